The van der Waals surface area contributed by atoms with Crippen molar-refractivity contribution in [2.24, 2.45) is 5.41 Å². The van der Waals surface area contributed by atoms with Crippen molar-refractivity contribution in [2.45, 2.75) is 31.9 Å². The van der Waals surface area contributed by atoms with Gasteiger partial charge in [-0.05, 0) is 54.8 Å². The molecule has 1 aromatic heterocycles. The molecule has 2 amide bonds. The van der Waals surface area contributed by atoms with Crippen molar-refractivity contribution in [1.29, 1.82) is 0 Å². The van der Waals surface area contributed by atoms with Gasteiger partial charge >= 0.3 is 12.5 Å². The second-order valence-electron chi connectivity index (χ2n) is 8.88. The summed E-state index contributed by atoms with van der Waals surface area (Å²) in [4.78, 5) is 26.4. The molecule has 0 radical (unpaired) electrons. The number of nitrogens with zero attached hydrogens (tertiary/aromatic N) is 3. The van der Waals surface area contributed by atoms with Gasteiger partial charge in [-0.3, -0.25) is 9.89 Å². The lowest BCUT2D eigenvalue weighted by atomic mass is 9.61. The standard InChI is InChI=1S/C22H19ClF3N5O4/c23-14-3-12(4-16(6-14)35-22(24,25)26)9-34-20(33)31-10-21(11-31)7-15(8-21)27-19(32)13-1-2-17-18(5-13)29-30-28-17/h1-6,15H,7-11H2,(H,27,32)(H,28,29,30). The summed E-state index contributed by atoms with van der Waals surface area (Å²) in [7, 11) is 0. The predicted octanol–water partition coefficient (Wildman–Crippen LogP) is 4.04. The third-order valence-corrected chi connectivity index (χ3v) is 6.34. The Morgan fingerprint density at radius 1 is 1.20 bits per heavy atom. The average molecular weight is 510 g/mol. The molecule has 2 aromatic carbocycles. The molecule has 0 atom stereocenters. The zero-order valence-corrected chi connectivity index (χ0v) is 18.8. The topological polar surface area (TPSA) is 109 Å². The lowest BCUT2D eigenvalue weighted by Gasteiger charge is -2.58. The summed E-state index contributed by atoms with van der Waals surface area (Å²) in [5, 5.41) is 13.4. The van der Waals surface area contributed by atoms with Crippen molar-refractivity contribution >= 4 is 34.6 Å². The van der Waals surface area contributed by atoms with Crippen LogP contribution in [0, 0.1) is 5.41 Å². The molecule has 1 spiro atoms. The summed E-state index contributed by atoms with van der Waals surface area (Å²) in [6.45, 7) is 0.730. The van der Waals surface area contributed by atoms with Gasteiger partial charge in [-0.25, -0.2) is 4.79 Å². The van der Waals surface area contributed by atoms with Gasteiger partial charge < -0.3 is 19.7 Å². The largest absolute Gasteiger partial charge is 0.573 e. The number of carbonyl (C=O) groups excluding carboxylic acids is 2. The normalized spacial score (nSPS) is 17.1. The number of hydrogen-bond acceptors (Lipinski definition) is 6. The molecule has 0 bridgehead atoms. The Labute approximate surface area is 201 Å². The molecule has 2 N–H and O–H groups in total. The van der Waals surface area contributed by atoms with Crippen molar-refractivity contribution in [1.82, 2.24) is 25.6 Å². The van der Waals surface area contributed by atoms with Gasteiger partial charge in [-0.15, -0.1) is 18.3 Å². The number of ether oxygens (including phenoxy) is 2. The monoisotopic (exact) mass is 509 g/mol. The Kier molecular flexibility index (Phi) is 5.70. The smallest absolute Gasteiger partial charge is 0.445 e. The maximum atomic E-state index is 12.5. The molecule has 9 nitrogen and oxygen atoms in total. The molecular formula is C22H19ClF3N5O4. The number of fused-ring (bicyclic) bond motifs is 1. The molecule has 2 aliphatic rings. The van der Waals surface area contributed by atoms with Crippen LogP contribution in [0.3, 0.4) is 0 Å². The number of amides is 2. The van der Waals surface area contributed by atoms with E-state index in [1.165, 1.54) is 11.0 Å². The quantitative estimate of drug-likeness (QED) is 0.537. The van der Waals surface area contributed by atoms with E-state index in [1.807, 2.05) is 0 Å². The summed E-state index contributed by atoms with van der Waals surface area (Å²) in [5.41, 5.74) is 2.07. The molecule has 1 saturated carbocycles. The lowest BCUT2D eigenvalue weighted by molar-refractivity contribution is -0.274. The molecular weight excluding hydrogens is 491 g/mol. The zero-order chi connectivity index (χ0) is 24.8. The number of likely N-dealkylation sites (tertiary alicyclic amines) is 1. The Hall–Kier alpha value is -3.54. The molecule has 35 heavy (non-hydrogen) atoms. The van der Waals surface area contributed by atoms with E-state index in [4.69, 9.17) is 16.3 Å². The second-order valence-corrected chi connectivity index (χ2v) is 9.31. The first kappa shape index (κ1) is 23.2. The summed E-state index contributed by atoms with van der Waals surface area (Å²) < 4.78 is 46.4. The van der Waals surface area contributed by atoms with Crippen LogP contribution in [0.1, 0.15) is 28.8 Å². The van der Waals surface area contributed by atoms with Crippen LogP contribution in [0.5, 0.6) is 5.75 Å². The highest BCUT2D eigenvalue weighted by Crippen LogP contribution is 2.48. The van der Waals surface area contributed by atoms with Crippen molar-refractivity contribution in [3.63, 3.8) is 0 Å². The van der Waals surface area contributed by atoms with E-state index in [0.29, 0.717) is 24.2 Å². The predicted molar refractivity (Wildman–Crippen MR) is 117 cm³/mol. The summed E-state index contributed by atoms with van der Waals surface area (Å²) in [6, 6.07) is 8.66. The number of aromatic amines is 1. The highest BCUT2D eigenvalue weighted by Gasteiger charge is 2.54. The fourth-order valence-corrected chi connectivity index (χ4v) is 4.87. The van der Waals surface area contributed by atoms with Crippen LogP contribution in [0.2, 0.25) is 5.02 Å². The highest BCUT2D eigenvalue weighted by atomic mass is 35.5. The Morgan fingerprint density at radius 2 is 1.97 bits per heavy atom. The van der Waals surface area contributed by atoms with Gasteiger partial charge in [0.25, 0.3) is 5.91 Å². The minimum atomic E-state index is -4.85. The van der Waals surface area contributed by atoms with E-state index in [1.54, 1.807) is 18.2 Å². The van der Waals surface area contributed by atoms with Gasteiger partial charge in [0, 0.05) is 35.1 Å². The molecule has 1 aliphatic heterocycles. The van der Waals surface area contributed by atoms with Gasteiger partial charge in [-0.1, -0.05) is 16.8 Å². The average Bonchev–Trinajstić information content (AvgIpc) is 3.18. The third-order valence-electron chi connectivity index (χ3n) is 6.12. The number of carbonyl (C=O) groups is 2. The van der Waals surface area contributed by atoms with Crippen LogP contribution in [-0.2, 0) is 11.3 Å². The third kappa shape index (κ3) is 5.11. The fourth-order valence-electron chi connectivity index (χ4n) is 4.62. The molecule has 0 unspecified atom stereocenters. The second kappa shape index (κ2) is 8.59. The number of aromatic nitrogens is 3. The maximum absolute atomic E-state index is 12.5. The van der Waals surface area contributed by atoms with Crippen molar-refractivity contribution in [2.75, 3.05) is 13.1 Å². The molecule has 3 aromatic rings. The first-order chi connectivity index (χ1) is 16.6. The maximum Gasteiger partial charge on any atom is 0.573 e. The van der Waals surface area contributed by atoms with Crippen LogP contribution in [0.15, 0.2) is 36.4 Å². The van der Waals surface area contributed by atoms with Gasteiger partial charge in [0.05, 0.1) is 5.52 Å². The van der Waals surface area contributed by atoms with Crippen LogP contribution in [0.4, 0.5) is 18.0 Å². The molecule has 2 heterocycles. The van der Waals surface area contributed by atoms with Gasteiger partial charge in [0.15, 0.2) is 0 Å². The number of H-pyrrole nitrogens is 1. The van der Waals surface area contributed by atoms with E-state index in [0.717, 1.165) is 30.5 Å². The number of halogens is 4. The van der Waals surface area contributed by atoms with Crippen LogP contribution in [-0.4, -0.2) is 57.8 Å². The zero-order valence-electron chi connectivity index (χ0n) is 18.1. The summed E-state index contributed by atoms with van der Waals surface area (Å²) in [6.07, 6.45) is -3.94. The molecule has 5 rings (SSSR count). The SMILES string of the molecule is O=C(NC1CC2(C1)CN(C(=O)OCc1cc(Cl)cc(OC(F)(F)F)c1)C2)c1ccc2[nH]nnc2c1. The molecule has 13 heteroatoms. The number of rotatable bonds is 5. The first-order valence-corrected chi connectivity index (χ1v) is 11.0. The number of alkyl halides is 3. The Balaban J connectivity index is 1.07. The van der Waals surface area contributed by atoms with Crippen LogP contribution >= 0.6 is 11.6 Å². The Bertz CT molecular complexity index is 1280. The number of benzene rings is 2. The fraction of sp³-hybridized carbons (Fsp3) is 0.364. The lowest BCUT2D eigenvalue weighted by Crippen LogP contribution is -2.67. The molecule has 1 aliphatic carbocycles. The van der Waals surface area contributed by atoms with Gasteiger partial charge in [-0.2, -0.15) is 0 Å². The van der Waals surface area contributed by atoms with Crippen LogP contribution < -0.4 is 10.1 Å². The first-order valence-electron chi connectivity index (χ1n) is 10.7. The van der Waals surface area contributed by atoms with E-state index in [9.17, 15) is 22.8 Å². The van der Waals surface area contributed by atoms with E-state index >= 15 is 0 Å². The Morgan fingerprint density at radius 3 is 2.71 bits per heavy atom. The van der Waals surface area contributed by atoms with E-state index in [2.05, 4.69) is 25.5 Å². The van der Waals surface area contributed by atoms with Gasteiger partial charge in [0.2, 0.25) is 0 Å². The molecule has 1 saturated heterocycles. The van der Waals surface area contributed by atoms with Crippen molar-refractivity contribution < 1.29 is 32.2 Å². The molecule has 184 valence electrons. The summed E-state index contributed by atoms with van der Waals surface area (Å²) in [5.74, 6) is -0.678. The number of hydrogen-bond donors (Lipinski definition) is 2. The number of nitrogens with one attached hydrogen (secondary N) is 2. The van der Waals surface area contributed by atoms with Crippen LogP contribution in [0.25, 0.3) is 11.0 Å². The highest BCUT2D eigenvalue weighted by molar-refractivity contribution is 6.30. The van der Waals surface area contributed by atoms with Crippen molar-refractivity contribution in [3.8, 4) is 5.75 Å². The van der Waals surface area contributed by atoms with Crippen molar-refractivity contribution in [3.05, 3.63) is 52.5 Å². The summed E-state index contributed by atoms with van der Waals surface area (Å²) >= 11 is 5.83. The minimum absolute atomic E-state index is 0.00666. The van der Waals surface area contributed by atoms with E-state index in [-0.39, 0.29) is 34.6 Å². The van der Waals surface area contributed by atoms with E-state index < -0.39 is 18.2 Å². The minimum Gasteiger partial charge on any atom is -0.445 e. The van der Waals surface area contributed by atoms with Gasteiger partial charge in [0.1, 0.15) is 17.9 Å². The molecule has 2 fully saturated rings.